The number of halogens is 1. The fraction of sp³-hybridized carbons (Fsp3) is 0.286. The van der Waals surface area contributed by atoms with Crippen molar-refractivity contribution in [3.8, 4) is 5.95 Å². The summed E-state index contributed by atoms with van der Waals surface area (Å²) >= 11 is 0. The van der Waals surface area contributed by atoms with Gasteiger partial charge >= 0.3 is 6.09 Å². The van der Waals surface area contributed by atoms with Crippen LogP contribution in [-0.2, 0) is 22.6 Å². The Morgan fingerprint density at radius 3 is 2.81 bits per heavy atom. The third-order valence-corrected chi connectivity index (χ3v) is 5.37. The van der Waals surface area contributed by atoms with Crippen molar-refractivity contribution in [2.45, 2.75) is 26.1 Å². The Morgan fingerprint density at radius 1 is 1.28 bits per heavy atom. The van der Waals surface area contributed by atoms with Crippen LogP contribution in [0.25, 0.3) is 5.95 Å². The molecule has 2 aliphatic heterocycles. The van der Waals surface area contributed by atoms with E-state index in [0.29, 0.717) is 30.4 Å². The number of aromatic nitrogens is 4. The van der Waals surface area contributed by atoms with Gasteiger partial charge in [-0.1, -0.05) is 0 Å². The molecule has 2 aliphatic rings. The van der Waals surface area contributed by atoms with Crippen LogP contribution >= 0.6 is 0 Å². The minimum atomic E-state index is -0.564. The van der Waals surface area contributed by atoms with Gasteiger partial charge in [-0.3, -0.25) is 9.69 Å². The lowest BCUT2D eigenvalue weighted by atomic mass is 10.2. The largest absolute Gasteiger partial charge is 0.442 e. The van der Waals surface area contributed by atoms with Crippen LogP contribution in [0.1, 0.15) is 18.2 Å². The number of benzene rings is 1. The molecule has 11 heteroatoms. The van der Waals surface area contributed by atoms with E-state index in [2.05, 4.69) is 20.4 Å². The van der Waals surface area contributed by atoms with Crippen molar-refractivity contribution >= 4 is 23.4 Å². The Hall–Kier alpha value is -4.02. The number of hydrogen-bond donors (Lipinski definition) is 1. The lowest BCUT2D eigenvalue weighted by Crippen LogP contribution is -2.33. The van der Waals surface area contributed by atoms with Crippen LogP contribution in [0.5, 0.6) is 0 Å². The van der Waals surface area contributed by atoms with Crippen LogP contribution in [0.2, 0.25) is 0 Å². The first-order valence-electron chi connectivity index (χ1n) is 10.1. The van der Waals surface area contributed by atoms with Crippen LogP contribution in [0.4, 0.5) is 20.6 Å². The van der Waals surface area contributed by atoms with Gasteiger partial charge in [0.15, 0.2) is 0 Å². The van der Waals surface area contributed by atoms with Gasteiger partial charge in [0.1, 0.15) is 11.9 Å². The quantitative estimate of drug-likeness (QED) is 0.649. The third-order valence-electron chi connectivity index (χ3n) is 5.37. The Morgan fingerprint density at radius 2 is 2.09 bits per heavy atom. The summed E-state index contributed by atoms with van der Waals surface area (Å²) in [6.07, 6.45) is 4.11. The smallest absolute Gasteiger partial charge is 0.414 e. The average molecular weight is 437 g/mol. The standard InChI is InChI=1S/C21H20FN7O3/c1-13(30)25-8-16-11-28(21(31)32-16)15-3-4-19(17(22)7-15)27-9-14-10-29(26-18(14)12-27)20-23-5-2-6-24-20/h2-7,10,16H,8-9,11-12H2,1H3,(H,25,30)/t16-/m0/s1. The van der Waals surface area contributed by atoms with Gasteiger partial charge in [-0.15, -0.1) is 0 Å². The predicted octanol–water partition coefficient (Wildman–Crippen LogP) is 1.78. The first-order valence-corrected chi connectivity index (χ1v) is 10.1. The molecular formula is C21H20FN7O3. The van der Waals surface area contributed by atoms with Crippen LogP contribution in [-0.4, -0.2) is 50.9 Å². The highest BCUT2D eigenvalue weighted by Gasteiger charge is 2.33. The molecule has 0 radical (unpaired) electrons. The molecule has 0 bridgehead atoms. The van der Waals surface area contributed by atoms with Crippen LogP contribution in [0.3, 0.4) is 0 Å². The van der Waals surface area contributed by atoms with E-state index in [1.807, 2.05) is 11.1 Å². The lowest BCUT2D eigenvalue weighted by Gasteiger charge is -2.20. The number of carbonyl (C=O) groups excluding carboxylic acids is 2. The van der Waals surface area contributed by atoms with Crippen LogP contribution in [0.15, 0.2) is 42.9 Å². The fourth-order valence-corrected chi connectivity index (χ4v) is 3.85. The number of anilines is 2. The van der Waals surface area contributed by atoms with Crippen molar-refractivity contribution in [2.24, 2.45) is 0 Å². The van der Waals surface area contributed by atoms with Gasteiger partial charge in [-0.25, -0.2) is 23.8 Å². The van der Waals surface area contributed by atoms with Gasteiger partial charge in [0.05, 0.1) is 36.7 Å². The first kappa shape index (κ1) is 19.9. The third kappa shape index (κ3) is 3.72. The van der Waals surface area contributed by atoms with E-state index in [1.165, 1.54) is 17.9 Å². The van der Waals surface area contributed by atoms with E-state index in [1.54, 1.807) is 35.3 Å². The molecule has 5 rings (SSSR count). The van der Waals surface area contributed by atoms with E-state index in [-0.39, 0.29) is 19.0 Å². The summed E-state index contributed by atoms with van der Waals surface area (Å²) in [7, 11) is 0. The zero-order valence-corrected chi connectivity index (χ0v) is 17.2. The zero-order valence-electron chi connectivity index (χ0n) is 17.2. The van der Waals surface area contributed by atoms with Gasteiger partial charge in [0.2, 0.25) is 11.9 Å². The van der Waals surface area contributed by atoms with E-state index < -0.39 is 18.0 Å². The van der Waals surface area contributed by atoms with Gasteiger partial charge in [0.25, 0.3) is 0 Å². The van der Waals surface area contributed by atoms with Crippen LogP contribution < -0.4 is 15.1 Å². The summed E-state index contributed by atoms with van der Waals surface area (Å²) in [5, 5.41) is 7.14. The second-order valence-corrected chi connectivity index (χ2v) is 7.64. The van der Waals surface area contributed by atoms with Crippen molar-refractivity contribution in [1.29, 1.82) is 0 Å². The monoisotopic (exact) mass is 437 g/mol. The van der Waals surface area contributed by atoms with E-state index in [9.17, 15) is 14.0 Å². The molecule has 1 aromatic carbocycles. The SMILES string of the molecule is CC(=O)NC[C@H]1CN(c2ccc(N3Cc4cn(-c5ncccn5)nc4C3)c(F)c2)C(=O)O1. The molecule has 2 aromatic heterocycles. The minimum Gasteiger partial charge on any atom is -0.442 e. The maximum absolute atomic E-state index is 15.0. The maximum Gasteiger partial charge on any atom is 0.414 e. The summed E-state index contributed by atoms with van der Waals surface area (Å²) in [6, 6.07) is 6.40. The number of hydrogen-bond acceptors (Lipinski definition) is 7. The molecule has 0 saturated carbocycles. The maximum atomic E-state index is 15.0. The molecule has 1 N–H and O–H groups in total. The topological polar surface area (TPSA) is 105 Å². The van der Waals surface area contributed by atoms with Crippen molar-refractivity contribution in [3.63, 3.8) is 0 Å². The second-order valence-electron chi connectivity index (χ2n) is 7.64. The lowest BCUT2D eigenvalue weighted by molar-refractivity contribution is -0.119. The summed E-state index contributed by atoms with van der Waals surface area (Å²) in [6.45, 7) is 2.81. The van der Waals surface area contributed by atoms with Gasteiger partial charge < -0.3 is 15.0 Å². The van der Waals surface area contributed by atoms with E-state index in [4.69, 9.17) is 4.74 Å². The number of carbonyl (C=O) groups is 2. The molecule has 32 heavy (non-hydrogen) atoms. The highest BCUT2D eigenvalue weighted by Crippen LogP contribution is 2.33. The zero-order chi connectivity index (χ0) is 22.2. The van der Waals surface area contributed by atoms with Crippen molar-refractivity contribution < 1.29 is 18.7 Å². The molecule has 2 amide bonds. The molecule has 0 aliphatic carbocycles. The highest BCUT2D eigenvalue weighted by atomic mass is 19.1. The van der Waals surface area contributed by atoms with Gasteiger partial charge in [-0.2, -0.15) is 5.10 Å². The first-order chi connectivity index (χ1) is 15.5. The van der Waals surface area contributed by atoms with Crippen LogP contribution in [0, 0.1) is 5.82 Å². The Bertz CT molecular complexity index is 1160. The summed E-state index contributed by atoms with van der Waals surface area (Å²) in [4.78, 5) is 34.9. The molecule has 4 heterocycles. The van der Waals surface area contributed by atoms with Crippen molar-refractivity contribution in [1.82, 2.24) is 25.1 Å². The molecule has 0 spiro atoms. The van der Waals surface area contributed by atoms with Crippen molar-refractivity contribution in [2.75, 3.05) is 22.9 Å². The highest BCUT2D eigenvalue weighted by molar-refractivity contribution is 5.90. The van der Waals surface area contributed by atoms with E-state index >= 15 is 0 Å². The Labute approximate surface area is 182 Å². The molecular weight excluding hydrogens is 417 g/mol. The molecule has 1 fully saturated rings. The van der Waals surface area contributed by atoms with E-state index in [0.717, 1.165) is 11.3 Å². The fourth-order valence-electron chi connectivity index (χ4n) is 3.85. The molecule has 164 valence electrons. The number of ether oxygens (including phenoxy) is 1. The molecule has 1 atom stereocenters. The predicted molar refractivity (Wildman–Crippen MR) is 112 cm³/mol. The number of nitrogens with one attached hydrogen (secondary N) is 1. The summed E-state index contributed by atoms with van der Waals surface area (Å²) in [5.41, 5.74) is 2.65. The van der Waals surface area contributed by atoms with Gasteiger partial charge in [0, 0.05) is 37.6 Å². The number of rotatable bonds is 5. The number of nitrogens with zero attached hydrogens (tertiary/aromatic N) is 6. The summed E-state index contributed by atoms with van der Waals surface area (Å²) in [5.74, 6) is -0.160. The summed E-state index contributed by atoms with van der Waals surface area (Å²) < 4.78 is 21.9. The second kappa shape index (κ2) is 7.91. The normalized spacial score (nSPS) is 17.4. The van der Waals surface area contributed by atoms with Crippen molar-refractivity contribution in [3.05, 3.63) is 59.9 Å². The average Bonchev–Trinajstić information content (AvgIpc) is 3.46. The Balaban J connectivity index is 1.28. The number of cyclic esters (lactones) is 1. The molecule has 10 nitrogen and oxygen atoms in total. The molecule has 3 aromatic rings. The number of fused-ring (bicyclic) bond motifs is 1. The number of amides is 2. The molecule has 0 unspecified atom stereocenters. The molecule has 1 saturated heterocycles. The van der Waals surface area contributed by atoms with Gasteiger partial charge in [-0.05, 0) is 24.3 Å². The minimum absolute atomic E-state index is 0.204. The Kier molecular flexibility index (Phi) is 4.92.